The second-order valence-electron chi connectivity index (χ2n) is 2.79. The number of anilines is 1. The monoisotopic (exact) mass is 257 g/mol. The van der Waals surface area contributed by atoms with Gasteiger partial charge >= 0.3 is 0 Å². The first-order valence-electron chi connectivity index (χ1n) is 4.20. The highest BCUT2D eigenvalue weighted by Crippen LogP contribution is 2.24. The number of hydrogen-bond donors (Lipinski definition) is 1. The van der Waals surface area contributed by atoms with Crippen LogP contribution in [0.15, 0.2) is 29.2 Å². The van der Waals surface area contributed by atoms with E-state index in [2.05, 4.69) is 9.36 Å². The molecule has 2 N–H and O–H groups in total. The summed E-state index contributed by atoms with van der Waals surface area (Å²) in [6, 6.07) is 7.70. The van der Waals surface area contributed by atoms with Crippen LogP contribution in [0.3, 0.4) is 0 Å². The van der Waals surface area contributed by atoms with Gasteiger partial charge in [0.15, 0.2) is 11.0 Å². The standard InChI is InChI=1S/C9H8ClN3S2/c10-6-2-1-3-7(4-6)14-5-8-12-9(11)15-13-8/h1-4H,5H2,(H2,11,12,13). The molecule has 0 aliphatic carbocycles. The lowest BCUT2D eigenvalue weighted by molar-refractivity contribution is 1.14. The second kappa shape index (κ2) is 4.83. The van der Waals surface area contributed by atoms with Crippen LogP contribution in [0.1, 0.15) is 5.82 Å². The van der Waals surface area contributed by atoms with E-state index in [0.717, 1.165) is 15.7 Å². The molecular weight excluding hydrogens is 250 g/mol. The molecule has 0 saturated heterocycles. The Morgan fingerprint density at radius 1 is 1.47 bits per heavy atom. The highest BCUT2D eigenvalue weighted by molar-refractivity contribution is 7.98. The second-order valence-corrected chi connectivity index (χ2v) is 5.06. The van der Waals surface area contributed by atoms with Crippen molar-refractivity contribution in [2.45, 2.75) is 10.6 Å². The van der Waals surface area contributed by atoms with Gasteiger partial charge in [-0.15, -0.1) is 11.8 Å². The molecule has 2 aromatic rings. The van der Waals surface area contributed by atoms with Gasteiger partial charge in [-0.2, -0.15) is 4.37 Å². The Bertz CT molecular complexity index is 458. The molecule has 0 unspecified atom stereocenters. The number of nitrogens with zero attached hydrogens (tertiary/aromatic N) is 2. The van der Waals surface area contributed by atoms with E-state index >= 15 is 0 Å². The molecule has 0 fully saturated rings. The lowest BCUT2D eigenvalue weighted by atomic mass is 10.4. The molecule has 0 bridgehead atoms. The zero-order valence-corrected chi connectivity index (χ0v) is 10.1. The van der Waals surface area contributed by atoms with E-state index in [1.807, 2.05) is 24.3 Å². The van der Waals surface area contributed by atoms with Gasteiger partial charge < -0.3 is 5.73 Å². The van der Waals surface area contributed by atoms with E-state index in [4.69, 9.17) is 17.3 Å². The summed E-state index contributed by atoms with van der Waals surface area (Å²) < 4.78 is 4.11. The van der Waals surface area contributed by atoms with Gasteiger partial charge in [-0.05, 0) is 18.2 Å². The van der Waals surface area contributed by atoms with Crippen LogP contribution in [0.5, 0.6) is 0 Å². The SMILES string of the molecule is Nc1nc(CSc2cccc(Cl)c2)ns1. The molecule has 0 atom stereocenters. The number of nitrogens with two attached hydrogens (primary N) is 1. The number of rotatable bonds is 3. The normalized spacial score (nSPS) is 10.5. The average Bonchev–Trinajstić information content (AvgIpc) is 2.62. The zero-order valence-electron chi connectivity index (χ0n) is 7.68. The van der Waals surface area contributed by atoms with Crippen molar-refractivity contribution >= 4 is 40.0 Å². The first kappa shape index (κ1) is 10.7. The maximum atomic E-state index is 5.87. The van der Waals surface area contributed by atoms with Gasteiger partial charge in [0, 0.05) is 21.5 Å². The minimum Gasteiger partial charge on any atom is -0.374 e. The molecule has 1 aromatic carbocycles. The van der Waals surface area contributed by atoms with Crippen LogP contribution in [0.2, 0.25) is 5.02 Å². The molecule has 0 aliphatic rings. The van der Waals surface area contributed by atoms with Gasteiger partial charge in [-0.25, -0.2) is 4.98 Å². The minimum atomic E-state index is 0.511. The Morgan fingerprint density at radius 3 is 3.00 bits per heavy atom. The lowest BCUT2D eigenvalue weighted by Crippen LogP contribution is -1.86. The lowest BCUT2D eigenvalue weighted by Gasteiger charge is -1.98. The van der Waals surface area contributed by atoms with Crippen molar-refractivity contribution < 1.29 is 0 Å². The third kappa shape index (κ3) is 3.09. The van der Waals surface area contributed by atoms with Crippen LogP contribution in [0.4, 0.5) is 5.13 Å². The van der Waals surface area contributed by atoms with Crippen molar-refractivity contribution in [3.8, 4) is 0 Å². The highest BCUT2D eigenvalue weighted by atomic mass is 35.5. The van der Waals surface area contributed by atoms with Gasteiger partial charge in [0.2, 0.25) is 0 Å². The van der Waals surface area contributed by atoms with Crippen molar-refractivity contribution in [3.05, 3.63) is 35.1 Å². The smallest absolute Gasteiger partial charge is 0.199 e. The van der Waals surface area contributed by atoms with Crippen LogP contribution in [0, 0.1) is 0 Å². The number of nitrogen functional groups attached to an aromatic ring is 1. The van der Waals surface area contributed by atoms with Gasteiger partial charge in [-0.3, -0.25) is 0 Å². The third-order valence-electron chi connectivity index (χ3n) is 1.65. The molecule has 6 heteroatoms. The van der Waals surface area contributed by atoms with Crippen molar-refractivity contribution in [3.63, 3.8) is 0 Å². The topological polar surface area (TPSA) is 51.8 Å². The Kier molecular flexibility index (Phi) is 3.45. The van der Waals surface area contributed by atoms with E-state index < -0.39 is 0 Å². The summed E-state index contributed by atoms with van der Waals surface area (Å²) in [6.07, 6.45) is 0. The summed E-state index contributed by atoms with van der Waals surface area (Å²) in [5, 5.41) is 1.25. The van der Waals surface area contributed by atoms with Crippen LogP contribution < -0.4 is 5.73 Å². The Balaban J connectivity index is 1.99. The number of benzene rings is 1. The molecule has 1 aromatic heterocycles. The predicted molar refractivity (Wildman–Crippen MR) is 65.3 cm³/mol. The predicted octanol–water partition coefficient (Wildman–Crippen LogP) is 3.07. The summed E-state index contributed by atoms with van der Waals surface area (Å²) >= 11 is 8.73. The van der Waals surface area contributed by atoms with Gasteiger partial charge in [-0.1, -0.05) is 17.7 Å². The van der Waals surface area contributed by atoms with Crippen LogP contribution in [-0.4, -0.2) is 9.36 Å². The first-order valence-corrected chi connectivity index (χ1v) is 6.34. The summed E-state index contributed by atoms with van der Waals surface area (Å²) in [7, 11) is 0. The molecule has 0 saturated carbocycles. The average molecular weight is 258 g/mol. The van der Waals surface area contributed by atoms with E-state index in [9.17, 15) is 0 Å². The Hall–Kier alpha value is -0.780. The van der Waals surface area contributed by atoms with Gasteiger partial charge in [0.1, 0.15) is 0 Å². The van der Waals surface area contributed by atoms with E-state index in [0.29, 0.717) is 10.9 Å². The van der Waals surface area contributed by atoms with Gasteiger partial charge in [0.05, 0.1) is 5.75 Å². The molecule has 15 heavy (non-hydrogen) atoms. The third-order valence-corrected chi connectivity index (χ3v) is 3.45. The molecular formula is C9H8ClN3S2. The molecule has 0 spiro atoms. The van der Waals surface area contributed by atoms with Crippen LogP contribution >= 0.6 is 34.9 Å². The minimum absolute atomic E-state index is 0.511. The molecule has 0 radical (unpaired) electrons. The largest absolute Gasteiger partial charge is 0.374 e. The highest BCUT2D eigenvalue weighted by Gasteiger charge is 2.02. The van der Waals surface area contributed by atoms with E-state index in [-0.39, 0.29) is 0 Å². The van der Waals surface area contributed by atoms with Crippen molar-refractivity contribution in [1.82, 2.24) is 9.36 Å². The summed E-state index contributed by atoms with van der Waals surface area (Å²) in [6.45, 7) is 0. The molecule has 0 aliphatic heterocycles. The quantitative estimate of drug-likeness (QED) is 0.859. The first-order chi connectivity index (χ1) is 7.24. The van der Waals surface area contributed by atoms with Crippen molar-refractivity contribution in [2.24, 2.45) is 0 Å². The molecule has 0 amide bonds. The summed E-state index contributed by atoms with van der Waals surface area (Å²) in [4.78, 5) is 5.19. The number of thioether (sulfide) groups is 1. The fraction of sp³-hybridized carbons (Fsp3) is 0.111. The molecule has 1 heterocycles. The summed E-state index contributed by atoms with van der Waals surface area (Å²) in [5.41, 5.74) is 5.49. The van der Waals surface area contributed by atoms with Gasteiger partial charge in [0.25, 0.3) is 0 Å². The number of hydrogen-bond acceptors (Lipinski definition) is 5. The maximum absolute atomic E-state index is 5.87. The Morgan fingerprint density at radius 2 is 2.33 bits per heavy atom. The van der Waals surface area contributed by atoms with Crippen LogP contribution in [-0.2, 0) is 5.75 Å². The van der Waals surface area contributed by atoms with Crippen molar-refractivity contribution in [1.29, 1.82) is 0 Å². The Labute approximate surface area is 101 Å². The van der Waals surface area contributed by atoms with Crippen LogP contribution in [0.25, 0.3) is 0 Å². The zero-order chi connectivity index (χ0) is 10.7. The van der Waals surface area contributed by atoms with Crippen molar-refractivity contribution in [2.75, 3.05) is 5.73 Å². The molecule has 2 rings (SSSR count). The molecule has 3 nitrogen and oxygen atoms in total. The van der Waals surface area contributed by atoms with E-state index in [1.54, 1.807) is 11.8 Å². The van der Waals surface area contributed by atoms with E-state index in [1.165, 1.54) is 11.5 Å². The fourth-order valence-electron chi connectivity index (χ4n) is 1.03. The molecule has 78 valence electrons. The number of aromatic nitrogens is 2. The maximum Gasteiger partial charge on any atom is 0.199 e. The summed E-state index contributed by atoms with van der Waals surface area (Å²) in [5.74, 6) is 1.48. The fourth-order valence-corrected chi connectivity index (χ4v) is 2.63. The number of halogens is 1.